The van der Waals surface area contributed by atoms with Crippen LogP contribution in [-0.2, 0) is 4.79 Å². The summed E-state index contributed by atoms with van der Waals surface area (Å²) in [6.07, 6.45) is 7.17. The highest BCUT2D eigenvalue weighted by Crippen LogP contribution is 2.31. The average molecular weight is 377 g/mol. The van der Waals surface area contributed by atoms with Crippen LogP contribution in [0, 0.1) is 17.8 Å². The minimum Gasteiger partial charge on any atom is -0.369 e. The Morgan fingerprint density at radius 3 is 2.27 bits per heavy atom. The normalized spacial score (nSPS) is 25.1. The van der Waals surface area contributed by atoms with Crippen molar-refractivity contribution in [3.63, 3.8) is 0 Å². The zero-order valence-electron chi connectivity index (χ0n) is 15.3. The van der Waals surface area contributed by atoms with Crippen molar-refractivity contribution in [3.8, 4) is 0 Å². The molecule has 1 aromatic rings. The van der Waals surface area contributed by atoms with Gasteiger partial charge >= 0.3 is 0 Å². The predicted octanol–water partition coefficient (Wildman–Crippen LogP) is 3.92. The number of amides is 1. The summed E-state index contributed by atoms with van der Waals surface area (Å²) in [6.45, 7) is 3.06. The third kappa shape index (κ3) is 4.86. The van der Waals surface area contributed by atoms with Gasteiger partial charge in [-0.1, -0.05) is 23.7 Å². The Kier molecular flexibility index (Phi) is 6.71. The number of nitrogens with zero attached hydrogens (tertiary/aromatic N) is 1. The van der Waals surface area contributed by atoms with Gasteiger partial charge in [0.25, 0.3) is 0 Å². The third-order valence-corrected chi connectivity index (χ3v) is 6.53. The Balaban J connectivity index is 1.40. The molecule has 1 aliphatic heterocycles. The Morgan fingerprint density at radius 1 is 1.00 bits per heavy atom. The van der Waals surface area contributed by atoms with Gasteiger partial charge in [0.1, 0.15) is 0 Å². The van der Waals surface area contributed by atoms with Gasteiger partial charge in [-0.3, -0.25) is 9.59 Å². The Labute approximate surface area is 161 Å². The number of carbonyl (C=O) groups excluding carboxylic acids is 2. The molecule has 0 atom stereocenters. The first kappa shape index (κ1) is 19.4. The zero-order valence-corrected chi connectivity index (χ0v) is 16.1. The molecule has 2 N–H and O–H groups in total. The summed E-state index contributed by atoms with van der Waals surface area (Å²) in [7, 11) is 0. The van der Waals surface area contributed by atoms with Crippen LogP contribution in [0.15, 0.2) is 24.3 Å². The molecule has 1 aromatic carbocycles. The van der Waals surface area contributed by atoms with Crippen molar-refractivity contribution in [1.82, 2.24) is 4.90 Å². The van der Waals surface area contributed by atoms with E-state index in [1.165, 1.54) is 6.42 Å². The maximum Gasteiger partial charge on any atom is 0.220 e. The van der Waals surface area contributed by atoms with Gasteiger partial charge in [-0.05, 0) is 82.6 Å². The summed E-state index contributed by atoms with van der Waals surface area (Å²) >= 11 is 6.17. The lowest BCUT2D eigenvalue weighted by atomic mass is 9.80. The molecule has 1 amide bonds. The highest BCUT2D eigenvalue weighted by atomic mass is 35.5. The Hall–Kier alpha value is -1.39. The predicted molar refractivity (Wildman–Crippen MR) is 104 cm³/mol. The van der Waals surface area contributed by atoms with Gasteiger partial charge in [-0.2, -0.15) is 0 Å². The number of Topliss-reactive ketones (excluding diaryl/α,β-unsaturated/α-hetero) is 1. The highest BCUT2D eigenvalue weighted by Gasteiger charge is 2.28. The monoisotopic (exact) mass is 376 g/mol. The van der Waals surface area contributed by atoms with Gasteiger partial charge < -0.3 is 10.6 Å². The van der Waals surface area contributed by atoms with Gasteiger partial charge in [0, 0.05) is 17.4 Å². The quantitative estimate of drug-likeness (QED) is 0.765. The topological polar surface area (TPSA) is 63.4 Å². The number of likely N-dealkylation sites (tertiary alicyclic amines) is 1. The lowest BCUT2D eigenvalue weighted by Crippen LogP contribution is -2.38. The van der Waals surface area contributed by atoms with E-state index >= 15 is 0 Å². The second kappa shape index (κ2) is 9.01. The molecule has 3 rings (SSSR count). The van der Waals surface area contributed by atoms with Crippen molar-refractivity contribution < 1.29 is 9.59 Å². The lowest BCUT2D eigenvalue weighted by molar-refractivity contribution is -0.123. The first-order chi connectivity index (χ1) is 12.5. The third-order valence-electron chi connectivity index (χ3n) is 6.20. The van der Waals surface area contributed by atoms with Gasteiger partial charge in [0.15, 0.2) is 5.78 Å². The largest absolute Gasteiger partial charge is 0.369 e. The number of hydrogen-bond donors (Lipinski definition) is 1. The van der Waals surface area contributed by atoms with Crippen LogP contribution in [0.25, 0.3) is 0 Å². The van der Waals surface area contributed by atoms with E-state index in [9.17, 15) is 9.59 Å². The fraction of sp³-hybridized carbons (Fsp3) is 0.619. The standard InChI is InChI=1S/C21H29ClN2O2/c22-19-4-2-1-3-18(19)20(25)16-10-13-24(14-11-16)12-9-15-5-7-17(8-6-15)21(23)26/h1-4,15-17H,5-14H2,(H2,23,26). The highest BCUT2D eigenvalue weighted by molar-refractivity contribution is 6.34. The number of halogens is 1. The van der Waals surface area contributed by atoms with Gasteiger partial charge in [-0.25, -0.2) is 0 Å². The molecule has 1 heterocycles. The molecule has 0 radical (unpaired) electrons. The van der Waals surface area contributed by atoms with E-state index in [2.05, 4.69) is 4.90 Å². The molecule has 1 aliphatic carbocycles. The molecule has 1 saturated carbocycles. The zero-order chi connectivity index (χ0) is 18.5. The smallest absolute Gasteiger partial charge is 0.220 e. The second-order valence-corrected chi connectivity index (χ2v) is 8.28. The maximum absolute atomic E-state index is 12.7. The maximum atomic E-state index is 12.7. The first-order valence-electron chi connectivity index (χ1n) is 9.85. The second-order valence-electron chi connectivity index (χ2n) is 7.87. The molecule has 2 aliphatic rings. The summed E-state index contributed by atoms with van der Waals surface area (Å²) < 4.78 is 0. The molecular formula is C21H29ClN2O2. The van der Waals surface area contributed by atoms with E-state index in [-0.39, 0.29) is 23.5 Å². The van der Waals surface area contributed by atoms with Crippen LogP contribution in [0.5, 0.6) is 0 Å². The van der Waals surface area contributed by atoms with E-state index in [1.54, 1.807) is 6.07 Å². The number of hydrogen-bond acceptors (Lipinski definition) is 3. The molecule has 1 saturated heterocycles. The minimum absolute atomic E-state index is 0.0946. The van der Waals surface area contributed by atoms with Crippen molar-refractivity contribution >= 4 is 23.3 Å². The van der Waals surface area contributed by atoms with Gasteiger partial charge in [0.05, 0.1) is 5.02 Å². The summed E-state index contributed by atoms with van der Waals surface area (Å²) in [5.41, 5.74) is 6.07. The van der Waals surface area contributed by atoms with Crippen molar-refractivity contribution in [2.24, 2.45) is 23.5 Å². The summed E-state index contributed by atoms with van der Waals surface area (Å²) in [6, 6.07) is 7.36. The number of rotatable bonds is 6. The lowest BCUT2D eigenvalue weighted by Gasteiger charge is -2.33. The van der Waals surface area contributed by atoms with Crippen molar-refractivity contribution in [2.45, 2.75) is 44.9 Å². The van der Waals surface area contributed by atoms with Crippen LogP contribution in [-0.4, -0.2) is 36.2 Å². The van der Waals surface area contributed by atoms with Crippen LogP contribution < -0.4 is 5.73 Å². The summed E-state index contributed by atoms with van der Waals surface area (Å²) in [4.78, 5) is 26.4. The molecule has 0 unspecified atom stereocenters. The SMILES string of the molecule is NC(=O)C1CCC(CCN2CCC(C(=O)c3ccccc3Cl)CC2)CC1. The number of nitrogens with two attached hydrogens (primary N) is 1. The van der Waals surface area contributed by atoms with Crippen LogP contribution in [0.2, 0.25) is 5.02 Å². The van der Waals surface area contributed by atoms with Crippen molar-refractivity contribution in [1.29, 1.82) is 0 Å². The number of ketones is 1. The molecule has 142 valence electrons. The fourth-order valence-electron chi connectivity index (χ4n) is 4.40. The van der Waals surface area contributed by atoms with Crippen LogP contribution in [0.1, 0.15) is 55.3 Å². The van der Waals surface area contributed by atoms with E-state index in [1.807, 2.05) is 18.2 Å². The Morgan fingerprint density at radius 2 is 1.65 bits per heavy atom. The first-order valence-corrected chi connectivity index (χ1v) is 10.2. The Bertz CT molecular complexity index is 633. The van der Waals surface area contributed by atoms with Crippen LogP contribution in [0.4, 0.5) is 0 Å². The molecule has 5 heteroatoms. The fourth-order valence-corrected chi connectivity index (χ4v) is 4.63. The average Bonchev–Trinajstić information content (AvgIpc) is 2.67. The minimum atomic E-state index is -0.131. The van der Waals surface area contributed by atoms with E-state index in [4.69, 9.17) is 17.3 Å². The molecular weight excluding hydrogens is 348 g/mol. The molecule has 0 aromatic heterocycles. The number of primary amides is 1. The van der Waals surface area contributed by atoms with Crippen LogP contribution >= 0.6 is 11.6 Å². The number of benzene rings is 1. The van der Waals surface area contributed by atoms with Gasteiger partial charge in [-0.15, -0.1) is 0 Å². The summed E-state index contributed by atoms with van der Waals surface area (Å²) in [5.74, 6) is 0.969. The van der Waals surface area contributed by atoms with E-state index in [0.29, 0.717) is 16.5 Å². The van der Waals surface area contributed by atoms with E-state index in [0.717, 1.165) is 58.2 Å². The molecule has 2 fully saturated rings. The molecule has 0 bridgehead atoms. The molecule has 4 nitrogen and oxygen atoms in total. The molecule has 0 spiro atoms. The van der Waals surface area contributed by atoms with Gasteiger partial charge in [0.2, 0.25) is 5.91 Å². The van der Waals surface area contributed by atoms with E-state index < -0.39 is 0 Å². The number of carbonyl (C=O) groups is 2. The van der Waals surface area contributed by atoms with Crippen LogP contribution in [0.3, 0.4) is 0 Å². The number of piperidine rings is 1. The summed E-state index contributed by atoms with van der Waals surface area (Å²) in [5, 5.41) is 0.562. The van der Waals surface area contributed by atoms with Crippen molar-refractivity contribution in [3.05, 3.63) is 34.9 Å². The van der Waals surface area contributed by atoms with Crippen molar-refractivity contribution in [2.75, 3.05) is 19.6 Å². The molecule has 26 heavy (non-hydrogen) atoms.